The van der Waals surface area contributed by atoms with Crippen LogP contribution in [0.25, 0.3) is 0 Å². The van der Waals surface area contributed by atoms with Gasteiger partial charge in [-0.15, -0.1) is 12.4 Å². The maximum Gasteiger partial charge on any atom is 0.263 e. The Morgan fingerprint density at radius 2 is 2.05 bits per heavy atom. The summed E-state index contributed by atoms with van der Waals surface area (Å²) >= 11 is 5.92. The number of hydrogen-bond donors (Lipinski definition) is 1. The average molecular weight is 331 g/mol. The Bertz CT molecular complexity index is 500. The number of halogens is 2. The highest BCUT2D eigenvalue weighted by Gasteiger charge is 2.39. The number of rotatable bonds is 3. The van der Waals surface area contributed by atoms with Crippen LogP contribution in [0.4, 0.5) is 0 Å². The molecule has 21 heavy (non-hydrogen) atoms. The van der Waals surface area contributed by atoms with Crippen molar-refractivity contribution < 1.29 is 9.53 Å². The monoisotopic (exact) mass is 330 g/mol. The molecular formula is C15H20Cl2N2O2. The topological polar surface area (TPSA) is 41.6 Å². The van der Waals surface area contributed by atoms with Crippen molar-refractivity contribution in [1.29, 1.82) is 0 Å². The van der Waals surface area contributed by atoms with E-state index in [0.717, 1.165) is 26.2 Å². The van der Waals surface area contributed by atoms with Gasteiger partial charge in [-0.3, -0.25) is 4.79 Å². The summed E-state index contributed by atoms with van der Waals surface area (Å²) in [6, 6.07) is 7.16. The third kappa shape index (κ3) is 3.62. The second-order valence-corrected chi connectivity index (χ2v) is 6.08. The summed E-state index contributed by atoms with van der Waals surface area (Å²) in [6.45, 7) is 5.55. The van der Waals surface area contributed by atoms with Gasteiger partial charge in [0.15, 0.2) is 6.10 Å². The van der Waals surface area contributed by atoms with Crippen molar-refractivity contribution in [2.24, 2.45) is 11.8 Å². The van der Waals surface area contributed by atoms with Crippen LogP contribution in [-0.4, -0.2) is 43.1 Å². The molecule has 1 amide bonds. The summed E-state index contributed by atoms with van der Waals surface area (Å²) in [4.78, 5) is 14.3. The third-order valence-electron chi connectivity index (χ3n) is 4.16. The molecule has 2 heterocycles. The van der Waals surface area contributed by atoms with E-state index >= 15 is 0 Å². The summed E-state index contributed by atoms with van der Waals surface area (Å²) in [6.07, 6.45) is -0.472. The zero-order valence-corrected chi connectivity index (χ0v) is 13.5. The lowest BCUT2D eigenvalue weighted by atomic mass is 10.0. The van der Waals surface area contributed by atoms with Crippen LogP contribution >= 0.6 is 24.0 Å². The van der Waals surface area contributed by atoms with Gasteiger partial charge in [0.25, 0.3) is 5.91 Å². The van der Waals surface area contributed by atoms with Gasteiger partial charge in [-0.1, -0.05) is 17.7 Å². The molecule has 116 valence electrons. The first-order valence-electron chi connectivity index (χ1n) is 7.05. The lowest BCUT2D eigenvalue weighted by molar-refractivity contribution is -0.137. The third-order valence-corrected chi connectivity index (χ3v) is 4.39. The van der Waals surface area contributed by atoms with Crippen LogP contribution < -0.4 is 10.1 Å². The van der Waals surface area contributed by atoms with Crippen LogP contribution in [0.5, 0.6) is 5.75 Å². The Kier molecular flexibility index (Phi) is 5.36. The Balaban J connectivity index is 0.00000161. The Morgan fingerprint density at radius 1 is 1.38 bits per heavy atom. The fourth-order valence-electron chi connectivity index (χ4n) is 3.09. The summed E-state index contributed by atoms with van der Waals surface area (Å²) < 4.78 is 5.70. The minimum absolute atomic E-state index is 0. The molecule has 3 atom stereocenters. The van der Waals surface area contributed by atoms with Crippen LogP contribution in [0.15, 0.2) is 24.3 Å². The standard InChI is InChI=1S/C15H19ClN2O2.ClH/c1-10(20-14-4-2-3-13(16)5-14)15(19)18-8-11-6-17-7-12(11)9-18;/h2-5,10-12,17H,6-9H2,1H3;1H/t10?,11-,12+;. The summed E-state index contributed by atoms with van der Waals surface area (Å²) in [5, 5.41) is 3.99. The number of benzene rings is 1. The van der Waals surface area contributed by atoms with Crippen LogP contribution in [0.3, 0.4) is 0 Å². The summed E-state index contributed by atoms with van der Waals surface area (Å²) in [5.41, 5.74) is 0. The molecule has 1 aromatic carbocycles. The van der Waals surface area contributed by atoms with Crippen LogP contribution in [0, 0.1) is 11.8 Å². The number of nitrogens with zero attached hydrogens (tertiary/aromatic N) is 1. The molecule has 2 fully saturated rings. The van der Waals surface area contributed by atoms with Gasteiger partial charge in [0, 0.05) is 31.2 Å². The van der Waals surface area contributed by atoms with Crippen LogP contribution in [-0.2, 0) is 4.79 Å². The van der Waals surface area contributed by atoms with E-state index in [-0.39, 0.29) is 18.3 Å². The molecule has 0 aliphatic carbocycles. The minimum atomic E-state index is -0.472. The van der Waals surface area contributed by atoms with Gasteiger partial charge in [-0.2, -0.15) is 0 Å². The number of carbonyl (C=O) groups excluding carboxylic acids is 1. The molecule has 3 rings (SSSR count). The Labute approximate surface area is 136 Å². The number of ether oxygens (including phenoxy) is 1. The van der Waals surface area contributed by atoms with Crippen LogP contribution in [0.2, 0.25) is 5.02 Å². The van der Waals surface area contributed by atoms with E-state index in [1.54, 1.807) is 19.1 Å². The fraction of sp³-hybridized carbons (Fsp3) is 0.533. The Morgan fingerprint density at radius 3 is 2.67 bits per heavy atom. The van der Waals surface area contributed by atoms with Crippen molar-refractivity contribution in [3.05, 3.63) is 29.3 Å². The van der Waals surface area contributed by atoms with E-state index in [9.17, 15) is 4.79 Å². The number of carbonyl (C=O) groups is 1. The van der Waals surface area contributed by atoms with Crippen molar-refractivity contribution >= 4 is 29.9 Å². The highest BCUT2D eigenvalue weighted by Crippen LogP contribution is 2.27. The molecule has 6 heteroatoms. The van der Waals surface area contributed by atoms with Crippen LogP contribution in [0.1, 0.15) is 6.92 Å². The number of nitrogens with one attached hydrogen (secondary N) is 1. The largest absolute Gasteiger partial charge is 0.481 e. The molecular weight excluding hydrogens is 311 g/mol. The predicted molar refractivity (Wildman–Crippen MR) is 85.2 cm³/mol. The highest BCUT2D eigenvalue weighted by atomic mass is 35.5. The fourth-order valence-corrected chi connectivity index (χ4v) is 3.27. The van der Waals surface area contributed by atoms with Crippen molar-refractivity contribution in [2.75, 3.05) is 26.2 Å². The SMILES string of the molecule is CC(Oc1cccc(Cl)c1)C(=O)N1C[C@H]2CNC[C@H]2C1.Cl. The zero-order valence-electron chi connectivity index (χ0n) is 11.9. The van der Waals surface area contributed by atoms with E-state index < -0.39 is 6.10 Å². The van der Waals surface area contributed by atoms with Gasteiger partial charge < -0.3 is 15.0 Å². The van der Waals surface area contributed by atoms with Crippen molar-refractivity contribution in [1.82, 2.24) is 10.2 Å². The maximum atomic E-state index is 12.4. The quantitative estimate of drug-likeness (QED) is 0.923. The molecule has 2 saturated heterocycles. The average Bonchev–Trinajstić information content (AvgIpc) is 2.98. The normalized spacial score (nSPS) is 25.1. The summed E-state index contributed by atoms with van der Waals surface area (Å²) in [5.74, 6) is 1.92. The van der Waals surface area contributed by atoms with Crippen molar-refractivity contribution in [3.63, 3.8) is 0 Å². The molecule has 4 nitrogen and oxygen atoms in total. The van der Waals surface area contributed by atoms with E-state index in [1.165, 1.54) is 0 Å². The lowest BCUT2D eigenvalue weighted by Crippen LogP contribution is -2.40. The van der Waals surface area contributed by atoms with Crippen molar-refractivity contribution in [3.8, 4) is 5.75 Å². The molecule has 0 aromatic heterocycles. The minimum Gasteiger partial charge on any atom is -0.481 e. The van der Waals surface area contributed by atoms with Gasteiger partial charge in [0.2, 0.25) is 0 Å². The Hall–Kier alpha value is -0.970. The van der Waals surface area contributed by atoms with Gasteiger partial charge in [0.1, 0.15) is 5.75 Å². The molecule has 0 radical (unpaired) electrons. The number of fused-ring (bicyclic) bond motifs is 1. The van der Waals surface area contributed by atoms with E-state index in [1.807, 2.05) is 17.0 Å². The number of likely N-dealkylation sites (tertiary alicyclic amines) is 1. The molecule has 0 bridgehead atoms. The van der Waals surface area contributed by atoms with Gasteiger partial charge in [-0.05, 0) is 37.0 Å². The molecule has 0 spiro atoms. The number of amides is 1. The van der Waals surface area contributed by atoms with E-state index in [4.69, 9.17) is 16.3 Å². The smallest absolute Gasteiger partial charge is 0.263 e. The molecule has 2 aliphatic rings. The first-order chi connectivity index (χ1) is 9.63. The molecule has 1 N–H and O–H groups in total. The number of hydrogen-bond acceptors (Lipinski definition) is 3. The second-order valence-electron chi connectivity index (χ2n) is 5.64. The molecule has 1 aromatic rings. The lowest BCUT2D eigenvalue weighted by Gasteiger charge is -2.22. The molecule has 1 unspecified atom stereocenters. The van der Waals surface area contributed by atoms with E-state index in [0.29, 0.717) is 22.6 Å². The van der Waals surface area contributed by atoms with Crippen molar-refractivity contribution in [2.45, 2.75) is 13.0 Å². The van der Waals surface area contributed by atoms with Gasteiger partial charge >= 0.3 is 0 Å². The van der Waals surface area contributed by atoms with E-state index in [2.05, 4.69) is 5.32 Å². The zero-order chi connectivity index (χ0) is 14.1. The molecule has 0 saturated carbocycles. The van der Waals surface area contributed by atoms with Gasteiger partial charge in [0.05, 0.1) is 0 Å². The summed E-state index contributed by atoms with van der Waals surface area (Å²) in [7, 11) is 0. The molecule has 2 aliphatic heterocycles. The first kappa shape index (κ1) is 16.4. The predicted octanol–water partition coefficient (Wildman–Crippen LogP) is 2.21. The van der Waals surface area contributed by atoms with Gasteiger partial charge in [-0.25, -0.2) is 0 Å². The first-order valence-corrected chi connectivity index (χ1v) is 7.43. The highest BCUT2D eigenvalue weighted by molar-refractivity contribution is 6.30. The maximum absolute atomic E-state index is 12.4. The second kappa shape index (κ2) is 6.86.